The number of nitrogens with zero attached hydrogens (tertiary/aromatic N) is 1. The van der Waals surface area contributed by atoms with Gasteiger partial charge >= 0.3 is 5.97 Å². The highest BCUT2D eigenvalue weighted by Crippen LogP contribution is 2.22. The lowest BCUT2D eigenvalue weighted by Crippen LogP contribution is -2.12. The largest absolute Gasteiger partial charge is 0.481 e. The number of rotatable bonds is 6. The van der Waals surface area contributed by atoms with E-state index in [2.05, 4.69) is 10.3 Å². The highest BCUT2D eigenvalue weighted by Gasteiger charge is 2.16. The first-order valence-corrected chi connectivity index (χ1v) is 8.00. The molecule has 0 fully saturated rings. The number of carbonyl (C=O) groups is 2. The van der Waals surface area contributed by atoms with Crippen molar-refractivity contribution in [2.45, 2.75) is 33.1 Å². The van der Waals surface area contributed by atoms with Gasteiger partial charge in [0.05, 0.1) is 17.1 Å². The zero-order valence-corrected chi connectivity index (χ0v) is 13.7. The van der Waals surface area contributed by atoms with Crippen LogP contribution in [0.2, 0.25) is 0 Å². The summed E-state index contributed by atoms with van der Waals surface area (Å²) in [6.45, 7) is 3.80. The molecule has 0 unspecified atom stereocenters. The molecule has 5 nitrogen and oxygen atoms in total. The maximum atomic E-state index is 13.8. The van der Waals surface area contributed by atoms with Gasteiger partial charge in [0.25, 0.3) is 5.91 Å². The number of amides is 1. The predicted molar refractivity (Wildman–Crippen MR) is 86.5 cm³/mol. The molecule has 1 amide bonds. The quantitative estimate of drug-likeness (QED) is 0.847. The van der Waals surface area contributed by atoms with Gasteiger partial charge in [-0.25, -0.2) is 9.37 Å². The highest BCUT2D eigenvalue weighted by atomic mass is 32.1. The van der Waals surface area contributed by atoms with Gasteiger partial charge in [0.15, 0.2) is 0 Å². The van der Waals surface area contributed by atoms with Gasteiger partial charge in [-0.05, 0) is 37.5 Å². The Bertz CT molecular complexity index is 743. The summed E-state index contributed by atoms with van der Waals surface area (Å²) in [5.41, 5.74) is 1.01. The molecule has 0 aliphatic carbocycles. The monoisotopic (exact) mass is 336 g/mol. The van der Waals surface area contributed by atoms with E-state index in [0.29, 0.717) is 10.6 Å². The molecule has 0 saturated heterocycles. The van der Waals surface area contributed by atoms with Crippen LogP contribution in [0.4, 0.5) is 10.1 Å². The van der Waals surface area contributed by atoms with Gasteiger partial charge in [0, 0.05) is 5.69 Å². The molecule has 0 saturated carbocycles. The number of aliphatic carboxylic acids is 1. The minimum Gasteiger partial charge on any atom is -0.481 e. The van der Waals surface area contributed by atoms with Gasteiger partial charge in [-0.2, -0.15) is 0 Å². The second-order valence-corrected chi connectivity index (χ2v) is 6.19. The van der Waals surface area contributed by atoms with Crippen molar-refractivity contribution in [1.82, 2.24) is 4.98 Å². The van der Waals surface area contributed by atoms with Crippen molar-refractivity contribution in [3.8, 4) is 0 Å². The van der Waals surface area contributed by atoms with E-state index < -0.39 is 18.2 Å². The predicted octanol–water partition coefficient (Wildman–Crippen LogP) is 3.42. The topological polar surface area (TPSA) is 79.3 Å². The number of benzene rings is 1. The number of hydrogen-bond acceptors (Lipinski definition) is 4. The van der Waals surface area contributed by atoms with E-state index >= 15 is 0 Å². The van der Waals surface area contributed by atoms with Crippen molar-refractivity contribution >= 4 is 28.9 Å². The van der Waals surface area contributed by atoms with E-state index in [-0.39, 0.29) is 17.2 Å². The Morgan fingerprint density at radius 2 is 2.13 bits per heavy atom. The minimum absolute atomic E-state index is 0.0784. The standard InChI is InChI=1S/C16H17FN2O3S/c1-3-4-13-18-9(2)15(23-13)16(22)19-11-6-5-10(7-14(20)21)12(17)8-11/h5-6,8H,3-4,7H2,1-2H3,(H,19,22)(H,20,21). The Hall–Kier alpha value is -2.28. The van der Waals surface area contributed by atoms with Crippen molar-refractivity contribution in [3.63, 3.8) is 0 Å². The van der Waals surface area contributed by atoms with Crippen LogP contribution in [0.15, 0.2) is 18.2 Å². The van der Waals surface area contributed by atoms with Crippen LogP contribution < -0.4 is 5.32 Å². The van der Waals surface area contributed by atoms with Crippen LogP contribution in [0, 0.1) is 12.7 Å². The lowest BCUT2D eigenvalue weighted by atomic mass is 10.1. The normalized spacial score (nSPS) is 10.6. The summed E-state index contributed by atoms with van der Waals surface area (Å²) < 4.78 is 13.8. The average Bonchev–Trinajstić information content (AvgIpc) is 2.83. The zero-order valence-electron chi connectivity index (χ0n) is 12.9. The Kier molecular flexibility index (Phi) is 5.44. The van der Waals surface area contributed by atoms with Crippen molar-refractivity contribution < 1.29 is 19.1 Å². The van der Waals surface area contributed by atoms with Gasteiger partial charge in [0.1, 0.15) is 10.7 Å². The summed E-state index contributed by atoms with van der Waals surface area (Å²) in [5.74, 6) is -2.10. The summed E-state index contributed by atoms with van der Waals surface area (Å²) >= 11 is 1.33. The molecule has 23 heavy (non-hydrogen) atoms. The number of thiazole rings is 1. The van der Waals surface area contributed by atoms with Gasteiger partial charge in [-0.3, -0.25) is 9.59 Å². The number of carbonyl (C=O) groups excluding carboxylic acids is 1. The van der Waals surface area contributed by atoms with E-state index in [9.17, 15) is 14.0 Å². The van der Waals surface area contributed by atoms with E-state index in [1.807, 2.05) is 6.92 Å². The summed E-state index contributed by atoms with van der Waals surface area (Å²) in [5, 5.41) is 12.2. The smallest absolute Gasteiger partial charge is 0.307 e. The summed E-state index contributed by atoms with van der Waals surface area (Å²) in [7, 11) is 0. The maximum Gasteiger partial charge on any atom is 0.307 e. The molecule has 2 N–H and O–H groups in total. The van der Waals surface area contributed by atoms with Crippen molar-refractivity contribution in [2.75, 3.05) is 5.32 Å². The molecule has 1 aromatic carbocycles. The van der Waals surface area contributed by atoms with Crippen molar-refractivity contribution in [3.05, 3.63) is 45.2 Å². The Balaban J connectivity index is 2.14. The maximum absolute atomic E-state index is 13.8. The minimum atomic E-state index is -1.11. The van der Waals surface area contributed by atoms with Crippen LogP contribution in [-0.2, 0) is 17.6 Å². The molecular weight excluding hydrogens is 319 g/mol. The van der Waals surface area contributed by atoms with Gasteiger partial charge < -0.3 is 10.4 Å². The van der Waals surface area contributed by atoms with E-state index in [0.717, 1.165) is 23.9 Å². The number of halogens is 1. The van der Waals surface area contributed by atoms with Gasteiger partial charge in [0.2, 0.25) is 0 Å². The lowest BCUT2D eigenvalue weighted by Gasteiger charge is -2.06. The van der Waals surface area contributed by atoms with E-state index in [4.69, 9.17) is 5.11 Å². The Morgan fingerprint density at radius 3 is 2.74 bits per heavy atom. The van der Waals surface area contributed by atoms with E-state index in [1.54, 1.807) is 6.92 Å². The van der Waals surface area contributed by atoms with Crippen LogP contribution in [0.25, 0.3) is 0 Å². The Labute approximate surface area is 137 Å². The number of carboxylic acid groups (broad SMARTS) is 1. The molecule has 122 valence electrons. The number of aryl methyl sites for hydroxylation is 2. The molecule has 2 rings (SSSR count). The van der Waals surface area contributed by atoms with Crippen LogP contribution in [0.1, 0.15) is 39.3 Å². The molecule has 0 spiro atoms. The van der Waals surface area contributed by atoms with Crippen LogP contribution in [-0.4, -0.2) is 22.0 Å². The van der Waals surface area contributed by atoms with Gasteiger partial charge in [-0.1, -0.05) is 13.0 Å². The third-order valence-electron chi connectivity index (χ3n) is 3.16. The number of nitrogens with one attached hydrogen (secondary N) is 1. The van der Waals surface area contributed by atoms with Crippen LogP contribution in [0.5, 0.6) is 0 Å². The van der Waals surface area contributed by atoms with Crippen LogP contribution >= 0.6 is 11.3 Å². The second-order valence-electron chi connectivity index (χ2n) is 5.10. The molecule has 0 radical (unpaired) electrons. The zero-order chi connectivity index (χ0) is 17.0. The Morgan fingerprint density at radius 1 is 1.39 bits per heavy atom. The molecule has 1 aromatic heterocycles. The van der Waals surface area contributed by atoms with E-state index in [1.165, 1.54) is 23.5 Å². The molecule has 0 bridgehead atoms. The van der Waals surface area contributed by atoms with Crippen LogP contribution in [0.3, 0.4) is 0 Å². The number of aromatic nitrogens is 1. The molecule has 7 heteroatoms. The SMILES string of the molecule is CCCc1nc(C)c(C(=O)Nc2ccc(CC(=O)O)c(F)c2)s1. The fourth-order valence-corrected chi connectivity index (χ4v) is 3.16. The molecule has 1 heterocycles. The average molecular weight is 336 g/mol. The lowest BCUT2D eigenvalue weighted by molar-refractivity contribution is -0.136. The summed E-state index contributed by atoms with van der Waals surface area (Å²) in [6, 6.07) is 3.98. The third kappa shape index (κ3) is 4.35. The first-order valence-electron chi connectivity index (χ1n) is 7.18. The molecule has 2 aromatic rings. The molecule has 0 aliphatic heterocycles. The van der Waals surface area contributed by atoms with Gasteiger partial charge in [-0.15, -0.1) is 11.3 Å². The summed E-state index contributed by atoms with van der Waals surface area (Å²) in [6.07, 6.45) is 1.37. The second kappa shape index (κ2) is 7.32. The fourth-order valence-electron chi connectivity index (χ4n) is 2.10. The molecular formula is C16H17FN2O3S. The van der Waals surface area contributed by atoms with Crippen molar-refractivity contribution in [1.29, 1.82) is 0 Å². The fraction of sp³-hybridized carbons (Fsp3) is 0.312. The first kappa shape index (κ1) is 17.1. The number of carboxylic acids is 1. The number of hydrogen-bond donors (Lipinski definition) is 2. The highest BCUT2D eigenvalue weighted by molar-refractivity contribution is 7.13. The first-order chi connectivity index (χ1) is 10.9. The molecule has 0 aliphatic rings. The van der Waals surface area contributed by atoms with Crippen molar-refractivity contribution in [2.24, 2.45) is 0 Å². The number of anilines is 1. The molecule has 0 atom stereocenters. The third-order valence-corrected chi connectivity index (χ3v) is 4.38. The summed E-state index contributed by atoms with van der Waals surface area (Å²) in [4.78, 5) is 27.7.